The van der Waals surface area contributed by atoms with Crippen LogP contribution in [0.5, 0.6) is 5.75 Å². The molecule has 0 aliphatic carbocycles. The van der Waals surface area contributed by atoms with Crippen LogP contribution in [0.1, 0.15) is 12.0 Å². The highest BCUT2D eigenvalue weighted by Crippen LogP contribution is 2.19. The molecule has 0 unspecified atom stereocenters. The molecule has 0 atom stereocenters. The van der Waals surface area contributed by atoms with Crippen LogP contribution in [0.3, 0.4) is 0 Å². The first-order valence-corrected chi connectivity index (χ1v) is 7.71. The number of thiophene rings is 1. The second-order valence-corrected chi connectivity index (χ2v) is 5.60. The van der Waals surface area contributed by atoms with Gasteiger partial charge < -0.3 is 4.74 Å². The van der Waals surface area contributed by atoms with Crippen molar-refractivity contribution < 1.29 is 4.74 Å². The monoisotopic (exact) mass is 300 g/mol. The molecule has 2 heterocycles. The zero-order valence-electron chi connectivity index (χ0n) is 11.8. The van der Waals surface area contributed by atoms with Crippen LogP contribution in [0, 0.1) is 6.92 Å². The summed E-state index contributed by atoms with van der Waals surface area (Å²) in [4.78, 5) is 2.66. The summed E-state index contributed by atoms with van der Waals surface area (Å²) in [5.74, 6) is 1.62. The zero-order valence-corrected chi connectivity index (χ0v) is 12.6. The van der Waals surface area contributed by atoms with Gasteiger partial charge in [-0.2, -0.15) is 4.80 Å². The van der Waals surface area contributed by atoms with Gasteiger partial charge in [0.05, 0.1) is 18.0 Å². The van der Waals surface area contributed by atoms with Crippen LogP contribution >= 0.6 is 11.3 Å². The predicted octanol–water partition coefficient (Wildman–Crippen LogP) is 3.18. The molecule has 0 saturated carbocycles. The van der Waals surface area contributed by atoms with E-state index in [-0.39, 0.29) is 0 Å². The molecule has 2 aromatic heterocycles. The van der Waals surface area contributed by atoms with E-state index >= 15 is 0 Å². The van der Waals surface area contributed by atoms with Crippen molar-refractivity contribution in [2.75, 3.05) is 6.61 Å². The van der Waals surface area contributed by atoms with Gasteiger partial charge in [0.2, 0.25) is 5.82 Å². The first-order chi connectivity index (χ1) is 10.3. The van der Waals surface area contributed by atoms with Gasteiger partial charge in [0.15, 0.2) is 0 Å². The van der Waals surface area contributed by atoms with E-state index in [2.05, 4.69) is 15.4 Å². The Balaban J connectivity index is 1.49. The molecule has 21 heavy (non-hydrogen) atoms. The summed E-state index contributed by atoms with van der Waals surface area (Å²) < 4.78 is 5.75. The number of hydrogen-bond donors (Lipinski definition) is 0. The molecule has 3 rings (SSSR count). The lowest BCUT2D eigenvalue weighted by Gasteiger charge is -2.07. The Bertz CT molecular complexity index is 693. The van der Waals surface area contributed by atoms with Crippen molar-refractivity contribution in [3.05, 3.63) is 47.3 Å². The van der Waals surface area contributed by atoms with E-state index in [4.69, 9.17) is 4.74 Å². The highest BCUT2D eigenvalue weighted by molar-refractivity contribution is 7.13. The summed E-state index contributed by atoms with van der Waals surface area (Å²) in [5.41, 5.74) is 1.15. The summed E-state index contributed by atoms with van der Waals surface area (Å²) in [6.07, 6.45) is 0.842. The van der Waals surface area contributed by atoms with E-state index < -0.39 is 0 Å². The predicted molar refractivity (Wildman–Crippen MR) is 82.4 cm³/mol. The molecular formula is C15H16N4OS. The number of aryl methyl sites for hydroxylation is 2. The van der Waals surface area contributed by atoms with Crippen LogP contribution in [0.25, 0.3) is 10.7 Å². The van der Waals surface area contributed by atoms with Gasteiger partial charge in [-0.3, -0.25) is 0 Å². The van der Waals surface area contributed by atoms with Crippen LogP contribution < -0.4 is 4.74 Å². The fourth-order valence-corrected chi connectivity index (χ4v) is 2.60. The Kier molecular flexibility index (Phi) is 4.25. The first kappa shape index (κ1) is 13.8. The van der Waals surface area contributed by atoms with Gasteiger partial charge in [-0.05, 0) is 35.2 Å². The lowest BCUT2D eigenvalue weighted by molar-refractivity contribution is 0.291. The number of hydrogen-bond acceptors (Lipinski definition) is 5. The maximum Gasteiger partial charge on any atom is 0.214 e. The number of rotatable bonds is 6. The Morgan fingerprint density at radius 3 is 2.90 bits per heavy atom. The van der Waals surface area contributed by atoms with E-state index in [1.54, 1.807) is 16.1 Å². The standard InChI is InChI=1S/C15H16N4OS/c1-12-6-2-3-7-13(12)20-10-5-9-19-17-15(16-18-19)14-8-4-11-21-14/h2-4,6-8,11H,5,9-10H2,1H3. The first-order valence-electron chi connectivity index (χ1n) is 6.83. The van der Waals surface area contributed by atoms with Crippen molar-refractivity contribution in [2.45, 2.75) is 19.9 Å². The molecule has 108 valence electrons. The van der Waals surface area contributed by atoms with Crippen molar-refractivity contribution in [3.8, 4) is 16.5 Å². The molecule has 1 aromatic carbocycles. The van der Waals surface area contributed by atoms with Gasteiger partial charge in [-0.25, -0.2) is 0 Å². The maximum absolute atomic E-state index is 5.75. The lowest BCUT2D eigenvalue weighted by Crippen LogP contribution is -2.07. The van der Waals surface area contributed by atoms with Crippen LogP contribution in [0.15, 0.2) is 41.8 Å². The molecule has 0 fully saturated rings. The van der Waals surface area contributed by atoms with Crippen LogP contribution in [0.2, 0.25) is 0 Å². The van der Waals surface area contributed by atoms with Crippen molar-refractivity contribution in [2.24, 2.45) is 0 Å². The average molecular weight is 300 g/mol. The van der Waals surface area contributed by atoms with Gasteiger partial charge in [0, 0.05) is 6.42 Å². The van der Waals surface area contributed by atoms with Crippen molar-refractivity contribution >= 4 is 11.3 Å². The highest BCUT2D eigenvalue weighted by Gasteiger charge is 2.06. The fraction of sp³-hybridized carbons (Fsp3) is 0.267. The second kappa shape index (κ2) is 6.49. The third-order valence-corrected chi connectivity index (χ3v) is 3.91. The molecular weight excluding hydrogens is 284 g/mol. The molecule has 0 radical (unpaired) electrons. The third-order valence-electron chi connectivity index (χ3n) is 3.05. The average Bonchev–Trinajstić information content (AvgIpc) is 3.16. The summed E-state index contributed by atoms with van der Waals surface area (Å²) in [7, 11) is 0. The molecule has 0 bridgehead atoms. The number of tetrazole rings is 1. The molecule has 3 aromatic rings. The second-order valence-electron chi connectivity index (χ2n) is 4.65. The number of nitrogens with zero attached hydrogens (tertiary/aromatic N) is 4. The van der Waals surface area contributed by atoms with Gasteiger partial charge in [-0.15, -0.1) is 21.5 Å². The minimum Gasteiger partial charge on any atom is -0.493 e. The normalized spacial score (nSPS) is 10.7. The Morgan fingerprint density at radius 2 is 2.10 bits per heavy atom. The smallest absolute Gasteiger partial charge is 0.214 e. The van der Waals surface area contributed by atoms with Crippen molar-refractivity contribution in [1.82, 2.24) is 20.2 Å². The van der Waals surface area contributed by atoms with E-state index in [0.29, 0.717) is 19.0 Å². The minimum atomic E-state index is 0.640. The van der Waals surface area contributed by atoms with E-state index in [9.17, 15) is 0 Å². The van der Waals surface area contributed by atoms with Gasteiger partial charge in [0.25, 0.3) is 0 Å². The summed E-state index contributed by atoms with van der Waals surface area (Å²) in [6, 6.07) is 12.0. The molecule has 0 amide bonds. The summed E-state index contributed by atoms with van der Waals surface area (Å²) in [6.45, 7) is 3.38. The Morgan fingerprint density at radius 1 is 1.19 bits per heavy atom. The maximum atomic E-state index is 5.75. The Labute approximate surface area is 127 Å². The number of ether oxygens (including phenoxy) is 1. The molecule has 6 heteroatoms. The van der Waals surface area contributed by atoms with E-state index in [0.717, 1.165) is 22.6 Å². The zero-order chi connectivity index (χ0) is 14.5. The van der Waals surface area contributed by atoms with Crippen LogP contribution in [0.4, 0.5) is 0 Å². The molecule has 0 spiro atoms. The molecule has 0 aliphatic rings. The molecule has 0 saturated heterocycles. The third kappa shape index (κ3) is 3.46. The van der Waals surface area contributed by atoms with Gasteiger partial charge >= 0.3 is 0 Å². The fourth-order valence-electron chi connectivity index (χ4n) is 1.95. The summed E-state index contributed by atoms with van der Waals surface area (Å²) >= 11 is 1.61. The van der Waals surface area contributed by atoms with Gasteiger partial charge in [0.1, 0.15) is 5.75 Å². The summed E-state index contributed by atoms with van der Waals surface area (Å²) in [5, 5.41) is 14.5. The quantitative estimate of drug-likeness (QED) is 0.656. The molecule has 0 N–H and O–H groups in total. The Hall–Kier alpha value is -2.21. The van der Waals surface area contributed by atoms with Crippen molar-refractivity contribution in [3.63, 3.8) is 0 Å². The highest BCUT2D eigenvalue weighted by atomic mass is 32.1. The topological polar surface area (TPSA) is 52.8 Å². The number of benzene rings is 1. The molecule has 5 nitrogen and oxygen atoms in total. The van der Waals surface area contributed by atoms with E-state index in [1.165, 1.54) is 0 Å². The SMILES string of the molecule is Cc1ccccc1OCCCn1nnc(-c2cccs2)n1. The minimum absolute atomic E-state index is 0.640. The lowest BCUT2D eigenvalue weighted by atomic mass is 10.2. The van der Waals surface area contributed by atoms with Crippen molar-refractivity contribution in [1.29, 1.82) is 0 Å². The number of para-hydroxylation sites is 1. The van der Waals surface area contributed by atoms with Crippen LogP contribution in [-0.4, -0.2) is 26.8 Å². The van der Waals surface area contributed by atoms with Gasteiger partial charge in [-0.1, -0.05) is 24.3 Å². The van der Waals surface area contributed by atoms with Crippen LogP contribution in [-0.2, 0) is 6.54 Å². The largest absolute Gasteiger partial charge is 0.493 e. The van der Waals surface area contributed by atoms with E-state index in [1.807, 2.05) is 48.7 Å². The number of aromatic nitrogens is 4. The molecule has 0 aliphatic heterocycles.